The molecule has 0 radical (unpaired) electrons. The van der Waals surface area contributed by atoms with E-state index in [1.807, 2.05) is 18.2 Å². The van der Waals surface area contributed by atoms with Crippen molar-refractivity contribution in [3.63, 3.8) is 0 Å². The first-order valence-corrected chi connectivity index (χ1v) is 5.73. The Morgan fingerprint density at radius 3 is 2.89 bits per heavy atom. The molecule has 2 rings (SSSR count). The third kappa shape index (κ3) is 2.68. The Bertz CT molecular complexity index is 581. The van der Waals surface area contributed by atoms with Gasteiger partial charge in [-0.25, -0.2) is 4.98 Å². The Morgan fingerprint density at radius 2 is 2.22 bits per heavy atom. The Kier molecular flexibility index (Phi) is 3.09. The highest BCUT2D eigenvalue weighted by molar-refractivity contribution is 5.84. The highest BCUT2D eigenvalue weighted by Gasteiger charge is 2.22. The Morgan fingerprint density at radius 1 is 1.50 bits per heavy atom. The summed E-state index contributed by atoms with van der Waals surface area (Å²) in [5.41, 5.74) is 1.02. The Hall–Kier alpha value is -1.88. The van der Waals surface area contributed by atoms with E-state index in [0.717, 1.165) is 11.1 Å². The van der Waals surface area contributed by atoms with Gasteiger partial charge in [0.25, 0.3) is 5.91 Å². The molecule has 0 bridgehead atoms. The highest BCUT2D eigenvalue weighted by Crippen LogP contribution is 2.16. The van der Waals surface area contributed by atoms with Crippen LogP contribution in [0.15, 0.2) is 22.6 Å². The summed E-state index contributed by atoms with van der Waals surface area (Å²) < 4.78 is 5.41. The average Bonchev–Trinajstić information content (AvgIpc) is 2.63. The summed E-state index contributed by atoms with van der Waals surface area (Å²) >= 11 is 0. The van der Waals surface area contributed by atoms with E-state index in [0.29, 0.717) is 18.0 Å². The van der Waals surface area contributed by atoms with Crippen molar-refractivity contribution >= 4 is 17.0 Å². The van der Waals surface area contributed by atoms with Gasteiger partial charge >= 0.3 is 0 Å². The molecule has 1 amide bonds. The van der Waals surface area contributed by atoms with Gasteiger partial charge in [-0.1, -0.05) is 6.07 Å². The molecule has 2 aromatic rings. The van der Waals surface area contributed by atoms with E-state index in [2.05, 4.69) is 10.3 Å². The molecule has 1 aromatic heterocycles. The maximum Gasteiger partial charge on any atom is 0.251 e. The van der Waals surface area contributed by atoms with Gasteiger partial charge in [0, 0.05) is 13.5 Å². The number of hydrogen-bond donors (Lipinski definition) is 2. The lowest BCUT2D eigenvalue weighted by molar-refractivity contribution is -0.136. The Balaban J connectivity index is 2.10. The van der Waals surface area contributed by atoms with Gasteiger partial charge in [-0.05, 0) is 31.5 Å². The van der Waals surface area contributed by atoms with E-state index in [9.17, 15) is 9.90 Å². The minimum atomic E-state index is -1.37. The summed E-state index contributed by atoms with van der Waals surface area (Å²) in [5.74, 6) is 0.207. The molecule has 0 aliphatic heterocycles. The van der Waals surface area contributed by atoms with Crippen LogP contribution >= 0.6 is 0 Å². The predicted molar refractivity (Wildman–Crippen MR) is 66.9 cm³/mol. The van der Waals surface area contributed by atoms with Crippen molar-refractivity contribution in [1.29, 1.82) is 0 Å². The first-order valence-electron chi connectivity index (χ1n) is 5.73. The predicted octanol–water partition coefficient (Wildman–Crippen LogP) is 1.52. The van der Waals surface area contributed by atoms with Crippen molar-refractivity contribution in [2.75, 3.05) is 0 Å². The second-order valence-electron chi connectivity index (χ2n) is 4.78. The number of aliphatic hydroxyl groups is 1. The molecule has 5 nitrogen and oxygen atoms in total. The van der Waals surface area contributed by atoms with Crippen molar-refractivity contribution in [2.24, 2.45) is 0 Å². The molecule has 18 heavy (non-hydrogen) atoms. The smallest absolute Gasteiger partial charge is 0.251 e. The summed E-state index contributed by atoms with van der Waals surface area (Å²) in [7, 11) is 0. The van der Waals surface area contributed by atoms with E-state index in [4.69, 9.17) is 4.42 Å². The molecule has 0 spiro atoms. The summed E-state index contributed by atoms with van der Waals surface area (Å²) in [6, 6.07) is 5.55. The minimum Gasteiger partial charge on any atom is -0.441 e. The normalized spacial score (nSPS) is 11.8. The number of nitrogens with one attached hydrogen (secondary N) is 1. The van der Waals surface area contributed by atoms with Gasteiger partial charge in [0.1, 0.15) is 11.1 Å². The monoisotopic (exact) mass is 248 g/mol. The minimum absolute atomic E-state index is 0.346. The highest BCUT2D eigenvalue weighted by atomic mass is 16.3. The van der Waals surface area contributed by atoms with Crippen LogP contribution < -0.4 is 5.32 Å². The van der Waals surface area contributed by atoms with Gasteiger partial charge in [0.15, 0.2) is 11.5 Å². The SMILES string of the molecule is Cc1nc2ccc(CNC(=O)C(C)(C)O)cc2o1. The fourth-order valence-electron chi connectivity index (χ4n) is 1.59. The zero-order valence-electron chi connectivity index (χ0n) is 10.7. The van der Waals surface area contributed by atoms with Crippen LogP contribution in [-0.2, 0) is 11.3 Å². The van der Waals surface area contributed by atoms with Crippen molar-refractivity contribution < 1.29 is 14.3 Å². The van der Waals surface area contributed by atoms with E-state index in [1.165, 1.54) is 13.8 Å². The van der Waals surface area contributed by atoms with E-state index in [1.54, 1.807) is 6.92 Å². The zero-order valence-corrected chi connectivity index (χ0v) is 10.7. The number of hydrogen-bond acceptors (Lipinski definition) is 4. The lowest BCUT2D eigenvalue weighted by Gasteiger charge is -2.16. The quantitative estimate of drug-likeness (QED) is 0.863. The van der Waals surface area contributed by atoms with Crippen LogP contribution in [0.25, 0.3) is 11.1 Å². The third-order valence-electron chi connectivity index (χ3n) is 2.57. The van der Waals surface area contributed by atoms with E-state index in [-0.39, 0.29) is 0 Å². The van der Waals surface area contributed by atoms with Crippen LogP contribution in [0.5, 0.6) is 0 Å². The molecule has 0 aliphatic rings. The number of benzene rings is 1. The summed E-state index contributed by atoms with van der Waals surface area (Å²) in [4.78, 5) is 15.7. The first-order chi connectivity index (χ1) is 8.36. The van der Waals surface area contributed by atoms with E-state index < -0.39 is 11.5 Å². The molecule has 5 heteroatoms. The van der Waals surface area contributed by atoms with Gasteiger partial charge < -0.3 is 14.8 Å². The molecule has 1 heterocycles. The molecule has 96 valence electrons. The largest absolute Gasteiger partial charge is 0.441 e. The number of nitrogens with zero attached hydrogens (tertiary/aromatic N) is 1. The molecule has 0 saturated heterocycles. The molecule has 2 N–H and O–H groups in total. The zero-order chi connectivity index (χ0) is 13.3. The van der Waals surface area contributed by atoms with Crippen molar-refractivity contribution in [3.8, 4) is 0 Å². The number of oxazole rings is 1. The van der Waals surface area contributed by atoms with Crippen molar-refractivity contribution in [2.45, 2.75) is 32.9 Å². The maximum absolute atomic E-state index is 11.5. The average molecular weight is 248 g/mol. The number of fused-ring (bicyclic) bond motifs is 1. The molecule has 0 atom stereocenters. The second-order valence-corrected chi connectivity index (χ2v) is 4.78. The molecule has 0 unspecified atom stereocenters. The van der Waals surface area contributed by atoms with Crippen LogP contribution in [0.4, 0.5) is 0 Å². The van der Waals surface area contributed by atoms with Crippen LogP contribution in [0.2, 0.25) is 0 Å². The molecule has 0 saturated carbocycles. The van der Waals surface area contributed by atoms with Crippen LogP contribution in [0, 0.1) is 6.92 Å². The third-order valence-corrected chi connectivity index (χ3v) is 2.57. The molecular formula is C13H16N2O3. The molecular weight excluding hydrogens is 232 g/mol. The van der Waals surface area contributed by atoms with Gasteiger partial charge in [0.2, 0.25) is 0 Å². The summed E-state index contributed by atoms with van der Waals surface area (Å²) in [6.45, 7) is 5.03. The standard InChI is InChI=1S/C13H16N2O3/c1-8-15-10-5-4-9(6-11(10)18-8)7-14-12(16)13(2,3)17/h4-6,17H,7H2,1-3H3,(H,14,16). The molecule has 0 aliphatic carbocycles. The fraction of sp³-hybridized carbons (Fsp3) is 0.385. The number of aryl methyl sites for hydroxylation is 1. The first kappa shape index (κ1) is 12.6. The van der Waals surface area contributed by atoms with Crippen LogP contribution in [0.3, 0.4) is 0 Å². The lowest BCUT2D eigenvalue weighted by atomic mass is 10.1. The molecule has 1 aromatic carbocycles. The topological polar surface area (TPSA) is 75.4 Å². The number of aromatic nitrogens is 1. The van der Waals surface area contributed by atoms with Gasteiger partial charge in [-0.2, -0.15) is 0 Å². The number of amides is 1. The maximum atomic E-state index is 11.5. The van der Waals surface area contributed by atoms with Crippen molar-refractivity contribution in [1.82, 2.24) is 10.3 Å². The molecule has 0 fully saturated rings. The van der Waals surface area contributed by atoms with Gasteiger partial charge in [-0.15, -0.1) is 0 Å². The van der Waals surface area contributed by atoms with Crippen LogP contribution in [-0.4, -0.2) is 21.6 Å². The van der Waals surface area contributed by atoms with E-state index >= 15 is 0 Å². The van der Waals surface area contributed by atoms with Crippen molar-refractivity contribution in [3.05, 3.63) is 29.7 Å². The summed E-state index contributed by atoms with van der Waals surface area (Å²) in [5, 5.41) is 12.2. The van der Waals surface area contributed by atoms with Crippen LogP contribution in [0.1, 0.15) is 25.3 Å². The lowest BCUT2D eigenvalue weighted by Crippen LogP contribution is -2.41. The van der Waals surface area contributed by atoms with Gasteiger partial charge in [-0.3, -0.25) is 4.79 Å². The number of rotatable bonds is 3. The second kappa shape index (κ2) is 4.42. The Labute approximate surface area is 105 Å². The number of carbonyl (C=O) groups excluding carboxylic acids is 1. The fourth-order valence-corrected chi connectivity index (χ4v) is 1.59. The summed E-state index contributed by atoms with van der Waals surface area (Å²) in [6.07, 6.45) is 0. The number of carbonyl (C=O) groups is 1. The van der Waals surface area contributed by atoms with Gasteiger partial charge in [0.05, 0.1) is 0 Å².